The Balaban J connectivity index is 1.44. The number of benzene rings is 2. The van der Waals surface area contributed by atoms with Gasteiger partial charge in [0.2, 0.25) is 0 Å². The van der Waals surface area contributed by atoms with Gasteiger partial charge in [-0.1, -0.05) is 65.1 Å². The van der Waals surface area contributed by atoms with Crippen LogP contribution >= 0.6 is 34.8 Å². The van der Waals surface area contributed by atoms with Crippen LogP contribution in [0.4, 0.5) is 0 Å². The molecule has 0 atom stereocenters. The summed E-state index contributed by atoms with van der Waals surface area (Å²) in [5.41, 5.74) is 2.44. The molecule has 1 fully saturated rings. The molecule has 1 aliphatic rings. The standard InChI is InChI=1S/C23H21Cl3N4O2/c1-15-20(21(26)30(27-15)14-16-5-3-2-4-6-16)23(32)29-11-9-28(10-12-29)22(31)18-8-7-17(24)13-19(18)25/h2-8,13H,9-12,14H2,1H3. The highest BCUT2D eigenvalue weighted by Gasteiger charge is 2.30. The van der Waals surface area contributed by atoms with Crippen LogP contribution in [0.3, 0.4) is 0 Å². The van der Waals surface area contributed by atoms with Gasteiger partial charge in [0.15, 0.2) is 0 Å². The van der Waals surface area contributed by atoms with Gasteiger partial charge in [0.05, 0.1) is 28.4 Å². The Kier molecular flexibility index (Phi) is 6.74. The SMILES string of the molecule is Cc1nn(Cc2ccccc2)c(Cl)c1C(=O)N1CCN(C(=O)c2ccc(Cl)cc2Cl)CC1. The lowest BCUT2D eigenvalue weighted by Crippen LogP contribution is -2.50. The number of nitrogens with zero attached hydrogens (tertiary/aromatic N) is 4. The first-order chi connectivity index (χ1) is 15.3. The van der Waals surface area contributed by atoms with Crippen molar-refractivity contribution in [3.8, 4) is 0 Å². The molecule has 2 heterocycles. The summed E-state index contributed by atoms with van der Waals surface area (Å²) in [5.74, 6) is -0.355. The van der Waals surface area contributed by atoms with Crippen molar-refractivity contribution in [2.75, 3.05) is 26.2 Å². The summed E-state index contributed by atoms with van der Waals surface area (Å²) in [6, 6.07) is 14.6. The Morgan fingerprint density at radius 3 is 2.16 bits per heavy atom. The number of hydrogen-bond donors (Lipinski definition) is 0. The highest BCUT2D eigenvalue weighted by molar-refractivity contribution is 6.36. The minimum absolute atomic E-state index is 0.177. The Morgan fingerprint density at radius 2 is 1.53 bits per heavy atom. The lowest BCUT2D eigenvalue weighted by Gasteiger charge is -2.35. The van der Waals surface area contributed by atoms with Gasteiger partial charge < -0.3 is 9.80 Å². The number of hydrogen-bond acceptors (Lipinski definition) is 3. The Hall–Kier alpha value is -2.54. The second kappa shape index (κ2) is 9.53. The predicted octanol–water partition coefficient (Wildman–Crippen LogP) is 4.80. The molecule has 1 aromatic heterocycles. The molecule has 6 nitrogen and oxygen atoms in total. The second-order valence-electron chi connectivity index (χ2n) is 7.60. The molecular weight excluding hydrogens is 471 g/mol. The molecule has 9 heteroatoms. The van der Waals surface area contributed by atoms with Crippen molar-refractivity contribution in [1.82, 2.24) is 19.6 Å². The van der Waals surface area contributed by atoms with Crippen LogP contribution in [0.15, 0.2) is 48.5 Å². The second-order valence-corrected chi connectivity index (χ2v) is 8.80. The number of aromatic nitrogens is 2. The van der Waals surface area contributed by atoms with E-state index in [2.05, 4.69) is 5.10 Å². The molecule has 0 unspecified atom stereocenters. The van der Waals surface area contributed by atoms with Crippen LogP contribution in [-0.4, -0.2) is 57.6 Å². The van der Waals surface area contributed by atoms with Crippen molar-refractivity contribution in [3.05, 3.63) is 86.1 Å². The highest BCUT2D eigenvalue weighted by Crippen LogP contribution is 2.25. The molecule has 0 radical (unpaired) electrons. The number of aryl methyl sites for hydroxylation is 1. The molecule has 1 saturated heterocycles. The van der Waals surface area contributed by atoms with E-state index in [4.69, 9.17) is 34.8 Å². The van der Waals surface area contributed by atoms with Crippen LogP contribution in [-0.2, 0) is 6.54 Å². The zero-order valence-corrected chi connectivity index (χ0v) is 19.7. The molecule has 32 heavy (non-hydrogen) atoms. The number of carbonyl (C=O) groups excluding carboxylic acids is 2. The number of carbonyl (C=O) groups is 2. The summed E-state index contributed by atoms with van der Waals surface area (Å²) in [4.78, 5) is 29.4. The Morgan fingerprint density at radius 1 is 0.906 bits per heavy atom. The average Bonchev–Trinajstić information content (AvgIpc) is 3.06. The van der Waals surface area contributed by atoms with Crippen molar-refractivity contribution in [3.63, 3.8) is 0 Å². The van der Waals surface area contributed by atoms with Crippen LogP contribution in [0, 0.1) is 6.92 Å². The number of amides is 2. The van der Waals surface area contributed by atoms with Crippen LogP contribution in [0.5, 0.6) is 0 Å². The van der Waals surface area contributed by atoms with E-state index in [-0.39, 0.29) is 11.8 Å². The molecule has 0 saturated carbocycles. The first-order valence-corrected chi connectivity index (χ1v) is 11.3. The highest BCUT2D eigenvalue weighted by atomic mass is 35.5. The van der Waals surface area contributed by atoms with E-state index >= 15 is 0 Å². The van der Waals surface area contributed by atoms with E-state index in [1.807, 2.05) is 30.3 Å². The monoisotopic (exact) mass is 490 g/mol. The van der Waals surface area contributed by atoms with Crippen molar-refractivity contribution in [1.29, 1.82) is 0 Å². The van der Waals surface area contributed by atoms with Gasteiger partial charge in [-0.3, -0.25) is 9.59 Å². The lowest BCUT2D eigenvalue weighted by molar-refractivity contribution is 0.0535. The third kappa shape index (κ3) is 4.63. The maximum Gasteiger partial charge on any atom is 0.259 e. The summed E-state index contributed by atoms with van der Waals surface area (Å²) in [6.45, 7) is 3.86. The largest absolute Gasteiger partial charge is 0.335 e. The van der Waals surface area contributed by atoms with E-state index in [0.29, 0.717) is 64.7 Å². The number of halogens is 3. The van der Waals surface area contributed by atoms with Crippen molar-refractivity contribution >= 4 is 46.6 Å². The van der Waals surface area contributed by atoms with E-state index < -0.39 is 0 Å². The molecule has 0 N–H and O–H groups in total. The third-order valence-corrected chi connectivity index (χ3v) is 6.40. The third-order valence-electron chi connectivity index (χ3n) is 5.47. The molecule has 2 amide bonds. The van der Waals surface area contributed by atoms with Crippen molar-refractivity contribution < 1.29 is 9.59 Å². The smallest absolute Gasteiger partial charge is 0.259 e. The molecule has 1 aliphatic heterocycles. The fourth-order valence-corrected chi connectivity index (χ4v) is 4.57. The van der Waals surface area contributed by atoms with Gasteiger partial charge in [0.1, 0.15) is 5.15 Å². The molecule has 166 valence electrons. The molecular formula is C23H21Cl3N4O2. The van der Waals surface area contributed by atoms with Crippen LogP contribution in [0.25, 0.3) is 0 Å². The Labute approximate surface area is 201 Å². The minimum atomic E-state index is -0.177. The maximum atomic E-state index is 13.2. The van der Waals surface area contributed by atoms with Crippen LogP contribution in [0.2, 0.25) is 15.2 Å². The quantitative estimate of drug-likeness (QED) is 0.527. The van der Waals surface area contributed by atoms with E-state index in [0.717, 1.165) is 5.56 Å². The van der Waals surface area contributed by atoms with Gasteiger partial charge in [-0.2, -0.15) is 5.10 Å². The topological polar surface area (TPSA) is 58.4 Å². The molecule has 0 spiro atoms. The lowest BCUT2D eigenvalue weighted by atomic mass is 10.1. The average molecular weight is 492 g/mol. The fourth-order valence-electron chi connectivity index (χ4n) is 3.76. The summed E-state index contributed by atoms with van der Waals surface area (Å²) in [7, 11) is 0. The fraction of sp³-hybridized carbons (Fsp3) is 0.261. The zero-order valence-electron chi connectivity index (χ0n) is 17.4. The number of rotatable bonds is 4. The molecule has 0 aliphatic carbocycles. The van der Waals surface area contributed by atoms with Crippen LogP contribution in [0.1, 0.15) is 32.0 Å². The Bertz CT molecular complexity index is 1160. The molecule has 4 rings (SSSR count). The van der Waals surface area contributed by atoms with E-state index in [1.54, 1.807) is 39.6 Å². The normalized spacial score (nSPS) is 14.0. The summed E-state index contributed by atoms with van der Waals surface area (Å²) in [5, 5.41) is 5.58. The minimum Gasteiger partial charge on any atom is -0.335 e. The maximum absolute atomic E-state index is 13.2. The summed E-state index contributed by atoms with van der Waals surface area (Å²) in [6.07, 6.45) is 0. The zero-order chi connectivity index (χ0) is 22.8. The summed E-state index contributed by atoms with van der Waals surface area (Å²) >= 11 is 18.6. The van der Waals surface area contributed by atoms with Crippen LogP contribution < -0.4 is 0 Å². The van der Waals surface area contributed by atoms with Gasteiger partial charge in [0, 0.05) is 31.2 Å². The van der Waals surface area contributed by atoms with E-state index in [9.17, 15) is 9.59 Å². The van der Waals surface area contributed by atoms with Gasteiger partial charge in [-0.15, -0.1) is 0 Å². The number of piperazine rings is 1. The first kappa shape index (κ1) is 22.6. The van der Waals surface area contributed by atoms with Gasteiger partial charge >= 0.3 is 0 Å². The van der Waals surface area contributed by atoms with Crippen molar-refractivity contribution in [2.45, 2.75) is 13.5 Å². The van der Waals surface area contributed by atoms with Gasteiger partial charge in [0.25, 0.3) is 11.8 Å². The predicted molar refractivity (Wildman–Crippen MR) is 126 cm³/mol. The van der Waals surface area contributed by atoms with Gasteiger partial charge in [-0.05, 0) is 30.7 Å². The molecule has 3 aromatic rings. The van der Waals surface area contributed by atoms with Crippen molar-refractivity contribution in [2.24, 2.45) is 0 Å². The van der Waals surface area contributed by atoms with Gasteiger partial charge in [-0.25, -0.2) is 4.68 Å². The molecule has 2 aromatic carbocycles. The van der Waals surface area contributed by atoms with E-state index in [1.165, 1.54) is 0 Å². The summed E-state index contributed by atoms with van der Waals surface area (Å²) < 4.78 is 1.64. The molecule has 0 bridgehead atoms. The first-order valence-electron chi connectivity index (χ1n) is 10.2.